The Balaban J connectivity index is 1.85. The van der Waals surface area contributed by atoms with Crippen LogP contribution in [0.25, 0.3) is 0 Å². The molecule has 25 heavy (non-hydrogen) atoms. The van der Waals surface area contributed by atoms with Crippen LogP contribution in [0.5, 0.6) is 0 Å². The van der Waals surface area contributed by atoms with Gasteiger partial charge in [-0.1, -0.05) is 53.5 Å². The third-order valence-corrected chi connectivity index (χ3v) is 4.32. The average Bonchev–Trinajstić information content (AvgIpc) is 2.58. The third-order valence-electron chi connectivity index (χ3n) is 3.77. The van der Waals surface area contributed by atoms with Gasteiger partial charge in [0.15, 0.2) is 0 Å². The van der Waals surface area contributed by atoms with Crippen LogP contribution in [0.1, 0.15) is 18.9 Å². The van der Waals surface area contributed by atoms with Gasteiger partial charge < -0.3 is 10.2 Å². The predicted octanol–water partition coefficient (Wildman–Crippen LogP) is 4.41. The Kier molecular flexibility index (Phi) is 7.29. The monoisotopic (exact) mass is 378 g/mol. The van der Waals surface area contributed by atoms with E-state index in [1.807, 2.05) is 30.3 Å². The van der Waals surface area contributed by atoms with Crippen LogP contribution in [-0.2, 0) is 16.0 Å². The average molecular weight is 379 g/mol. The standard InChI is InChI=1S/C19H20Cl2N2O2/c1-14(24)23(11-9-15-5-3-2-4-6-15)12-10-19(25)22-18-8-7-16(20)13-17(18)21/h2-8,13H,9-12H2,1H3,(H,22,25). The fourth-order valence-corrected chi connectivity index (χ4v) is 2.83. The molecule has 2 aromatic carbocycles. The van der Waals surface area contributed by atoms with Gasteiger partial charge in [0, 0.05) is 31.5 Å². The van der Waals surface area contributed by atoms with Gasteiger partial charge in [-0.25, -0.2) is 0 Å². The van der Waals surface area contributed by atoms with Crippen LogP contribution in [0.3, 0.4) is 0 Å². The molecule has 0 aliphatic heterocycles. The van der Waals surface area contributed by atoms with Gasteiger partial charge in [-0.3, -0.25) is 9.59 Å². The van der Waals surface area contributed by atoms with Crippen molar-refractivity contribution in [3.05, 3.63) is 64.1 Å². The summed E-state index contributed by atoms with van der Waals surface area (Å²) >= 11 is 11.9. The van der Waals surface area contributed by atoms with E-state index in [0.717, 1.165) is 12.0 Å². The van der Waals surface area contributed by atoms with E-state index in [9.17, 15) is 9.59 Å². The zero-order valence-electron chi connectivity index (χ0n) is 14.0. The van der Waals surface area contributed by atoms with Crippen LogP contribution >= 0.6 is 23.2 Å². The maximum absolute atomic E-state index is 12.1. The lowest BCUT2D eigenvalue weighted by Crippen LogP contribution is -2.33. The molecule has 0 atom stereocenters. The van der Waals surface area contributed by atoms with Crippen molar-refractivity contribution in [2.24, 2.45) is 0 Å². The molecule has 0 bridgehead atoms. The normalized spacial score (nSPS) is 10.4. The van der Waals surface area contributed by atoms with Crippen LogP contribution in [0.4, 0.5) is 5.69 Å². The Bertz CT molecular complexity index is 735. The molecule has 0 heterocycles. The summed E-state index contributed by atoms with van der Waals surface area (Å²) in [6, 6.07) is 14.8. The van der Waals surface area contributed by atoms with Crippen LogP contribution in [-0.4, -0.2) is 29.8 Å². The van der Waals surface area contributed by atoms with Crippen molar-refractivity contribution < 1.29 is 9.59 Å². The molecular weight excluding hydrogens is 359 g/mol. The molecule has 0 aromatic heterocycles. The smallest absolute Gasteiger partial charge is 0.226 e. The highest BCUT2D eigenvalue weighted by atomic mass is 35.5. The van der Waals surface area contributed by atoms with Gasteiger partial charge in [0.1, 0.15) is 0 Å². The number of carbonyl (C=O) groups excluding carboxylic acids is 2. The minimum atomic E-state index is -0.199. The molecule has 0 radical (unpaired) electrons. The molecule has 0 unspecified atom stereocenters. The van der Waals surface area contributed by atoms with Gasteiger partial charge in [-0.15, -0.1) is 0 Å². The summed E-state index contributed by atoms with van der Waals surface area (Å²) < 4.78 is 0. The van der Waals surface area contributed by atoms with E-state index in [0.29, 0.717) is 28.8 Å². The van der Waals surface area contributed by atoms with Gasteiger partial charge in [0.2, 0.25) is 11.8 Å². The first-order valence-corrected chi connectivity index (χ1v) is 8.75. The highest BCUT2D eigenvalue weighted by Crippen LogP contribution is 2.25. The molecule has 0 aliphatic carbocycles. The summed E-state index contributed by atoms with van der Waals surface area (Å²) in [5.74, 6) is -0.247. The number of carbonyl (C=O) groups is 2. The largest absolute Gasteiger partial charge is 0.342 e. The molecule has 1 N–H and O–H groups in total. The first-order valence-electron chi connectivity index (χ1n) is 8.00. The number of anilines is 1. The summed E-state index contributed by atoms with van der Waals surface area (Å²) in [5.41, 5.74) is 1.67. The van der Waals surface area contributed by atoms with Crippen LogP contribution in [0, 0.1) is 0 Å². The SMILES string of the molecule is CC(=O)N(CCC(=O)Nc1ccc(Cl)cc1Cl)CCc1ccccc1. The number of rotatable bonds is 7. The molecule has 0 spiro atoms. The molecule has 6 heteroatoms. The Labute approximate surface area is 157 Å². The Morgan fingerprint density at radius 3 is 2.40 bits per heavy atom. The molecule has 4 nitrogen and oxygen atoms in total. The molecule has 0 fully saturated rings. The molecule has 2 rings (SSSR count). The van der Waals surface area contributed by atoms with Gasteiger partial charge in [-0.2, -0.15) is 0 Å². The lowest BCUT2D eigenvalue weighted by Gasteiger charge is -2.21. The maximum atomic E-state index is 12.1. The molecule has 2 aromatic rings. The first kappa shape index (κ1) is 19.3. The zero-order valence-corrected chi connectivity index (χ0v) is 15.5. The van der Waals surface area contributed by atoms with E-state index in [2.05, 4.69) is 5.32 Å². The number of hydrogen-bond donors (Lipinski definition) is 1. The van der Waals surface area contributed by atoms with Crippen LogP contribution in [0.15, 0.2) is 48.5 Å². The zero-order chi connectivity index (χ0) is 18.2. The summed E-state index contributed by atoms with van der Waals surface area (Å²) in [6.45, 7) is 2.45. The molecule has 0 aliphatic rings. The van der Waals surface area contributed by atoms with Crippen molar-refractivity contribution in [2.45, 2.75) is 19.8 Å². The minimum absolute atomic E-state index is 0.0479. The quantitative estimate of drug-likeness (QED) is 0.775. The van der Waals surface area contributed by atoms with E-state index >= 15 is 0 Å². The number of nitrogens with zero attached hydrogens (tertiary/aromatic N) is 1. The van der Waals surface area contributed by atoms with E-state index in [1.165, 1.54) is 6.92 Å². The number of halogens is 2. The minimum Gasteiger partial charge on any atom is -0.342 e. The molecule has 0 saturated carbocycles. The van der Waals surface area contributed by atoms with E-state index in [4.69, 9.17) is 23.2 Å². The highest BCUT2D eigenvalue weighted by Gasteiger charge is 2.12. The fourth-order valence-electron chi connectivity index (χ4n) is 2.38. The van der Waals surface area contributed by atoms with Crippen molar-refractivity contribution in [2.75, 3.05) is 18.4 Å². The summed E-state index contributed by atoms with van der Waals surface area (Å²) in [5, 5.41) is 3.63. The summed E-state index contributed by atoms with van der Waals surface area (Å²) in [4.78, 5) is 25.6. The summed E-state index contributed by atoms with van der Waals surface area (Å²) in [7, 11) is 0. The number of nitrogens with one attached hydrogen (secondary N) is 1. The number of hydrogen-bond acceptors (Lipinski definition) is 2. The van der Waals surface area contributed by atoms with Gasteiger partial charge in [-0.05, 0) is 30.2 Å². The molecule has 2 amide bonds. The Morgan fingerprint density at radius 1 is 1.04 bits per heavy atom. The highest BCUT2D eigenvalue weighted by molar-refractivity contribution is 6.36. The lowest BCUT2D eigenvalue weighted by molar-refractivity contribution is -0.129. The second-order valence-electron chi connectivity index (χ2n) is 5.66. The van der Waals surface area contributed by atoms with E-state index in [1.54, 1.807) is 23.1 Å². The lowest BCUT2D eigenvalue weighted by atomic mass is 10.1. The van der Waals surface area contributed by atoms with Crippen LogP contribution in [0.2, 0.25) is 10.0 Å². The molecule has 132 valence electrons. The Morgan fingerprint density at radius 2 is 1.76 bits per heavy atom. The van der Waals surface area contributed by atoms with Crippen molar-refractivity contribution in [3.8, 4) is 0 Å². The van der Waals surface area contributed by atoms with Crippen molar-refractivity contribution in [1.29, 1.82) is 0 Å². The van der Waals surface area contributed by atoms with Gasteiger partial charge in [0.25, 0.3) is 0 Å². The van der Waals surface area contributed by atoms with Crippen LogP contribution < -0.4 is 5.32 Å². The Hall–Kier alpha value is -2.04. The van der Waals surface area contributed by atoms with Gasteiger partial charge >= 0.3 is 0 Å². The second-order valence-corrected chi connectivity index (χ2v) is 6.51. The first-order chi connectivity index (χ1) is 12.0. The van der Waals surface area contributed by atoms with E-state index in [-0.39, 0.29) is 18.2 Å². The predicted molar refractivity (Wildman–Crippen MR) is 102 cm³/mol. The molecular formula is C19H20Cl2N2O2. The van der Waals surface area contributed by atoms with Crippen molar-refractivity contribution in [3.63, 3.8) is 0 Å². The summed E-state index contributed by atoms with van der Waals surface area (Å²) in [6.07, 6.45) is 0.957. The maximum Gasteiger partial charge on any atom is 0.226 e. The fraction of sp³-hybridized carbons (Fsp3) is 0.263. The number of benzene rings is 2. The second kappa shape index (κ2) is 9.44. The van der Waals surface area contributed by atoms with E-state index < -0.39 is 0 Å². The topological polar surface area (TPSA) is 49.4 Å². The van der Waals surface area contributed by atoms with Gasteiger partial charge in [0.05, 0.1) is 10.7 Å². The van der Waals surface area contributed by atoms with Crippen molar-refractivity contribution >= 4 is 40.7 Å². The van der Waals surface area contributed by atoms with Crippen molar-refractivity contribution in [1.82, 2.24) is 4.90 Å². The molecule has 0 saturated heterocycles. The number of amides is 2. The third kappa shape index (κ3) is 6.40.